The number of amides is 1. The summed E-state index contributed by atoms with van der Waals surface area (Å²) in [6.45, 7) is 4.29. The molecule has 3 aromatic rings. The van der Waals surface area contributed by atoms with Gasteiger partial charge in [0.1, 0.15) is 6.54 Å². The quantitative estimate of drug-likeness (QED) is 0.288. The molecule has 0 aliphatic rings. The third-order valence-corrected chi connectivity index (χ3v) is 5.52. The maximum atomic E-state index is 13.1. The van der Waals surface area contributed by atoms with Crippen LogP contribution in [0, 0.1) is 0 Å². The van der Waals surface area contributed by atoms with Crippen LogP contribution < -0.4 is 10.5 Å². The lowest BCUT2D eigenvalue weighted by molar-refractivity contribution is -0.142. The van der Waals surface area contributed by atoms with Gasteiger partial charge in [-0.2, -0.15) is 0 Å². The fourth-order valence-corrected chi connectivity index (χ4v) is 4.05. The van der Waals surface area contributed by atoms with Gasteiger partial charge in [-0.15, -0.1) is 0 Å². The van der Waals surface area contributed by atoms with E-state index in [1.165, 1.54) is 16.7 Å². The second kappa shape index (κ2) is 10.8. The topological polar surface area (TPSA) is 81.5 Å². The molecule has 2 aromatic carbocycles. The minimum atomic E-state index is -0.476. The second-order valence-electron chi connectivity index (χ2n) is 6.78. The van der Waals surface area contributed by atoms with Crippen molar-refractivity contribution in [2.45, 2.75) is 32.0 Å². The van der Waals surface area contributed by atoms with Crippen LogP contribution in [0.2, 0.25) is 0 Å². The Bertz CT molecular complexity index is 1110. The fourth-order valence-electron chi connectivity index (χ4n) is 3.15. The number of fused-ring (bicyclic) bond motifs is 1. The van der Waals surface area contributed by atoms with Crippen LogP contribution in [-0.4, -0.2) is 40.3 Å². The molecule has 0 unspecified atom stereocenters. The largest absolute Gasteiger partial charge is 0.465 e. The minimum absolute atomic E-state index is 0.0305. The SMILES string of the molecule is CCCn1c(SCC(=O)N(CC(=O)OCC)c2ccccc2)nc2ccccc2c1=O. The molecule has 1 amide bonds. The van der Waals surface area contributed by atoms with Crippen molar-refractivity contribution < 1.29 is 14.3 Å². The molecule has 7 nitrogen and oxygen atoms in total. The van der Waals surface area contributed by atoms with E-state index in [2.05, 4.69) is 4.98 Å². The molecule has 0 aliphatic carbocycles. The molecule has 0 saturated heterocycles. The van der Waals surface area contributed by atoms with Crippen LogP contribution in [0.3, 0.4) is 0 Å². The van der Waals surface area contributed by atoms with Crippen molar-refractivity contribution in [2.24, 2.45) is 0 Å². The Balaban J connectivity index is 1.86. The van der Waals surface area contributed by atoms with Crippen molar-refractivity contribution in [3.8, 4) is 0 Å². The molecule has 1 heterocycles. The second-order valence-corrected chi connectivity index (χ2v) is 7.72. The maximum Gasteiger partial charge on any atom is 0.326 e. The van der Waals surface area contributed by atoms with Gasteiger partial charge in [-0.3, -0.25) is 19.0 Å². The van der Waals surface area contributed by atoms with Gasteiger partial charge in [-0.05, 0) is 37.6 Å². The van der Waals surface area contributed by atoms with Gasteiger partial charge in [-0.25, -0.2) is 4.98 Å². The number of hydrogen-bond donors (Lipinski definition) is 0. The van der Waals surface area contributed by atoms with Gasteiger partial charge in [0, 0.05) is 12.2 Å². The summed E-state index contributed by atoms with van der Waals surface area (Å²) >= 11 is 1.20. The van der Waals surface area contributed by atoms with Crippen molar-refractivity contribution in [1.82, 2.24) is 9.55 Å². The number of rotatable bonds is 9. The molecule has 0 spiro atoms. The number of anilines is 1. The van der Waals surface area contributed by atoms with Crippen molar-refractivity contribution >= 4 is 40.2 Å². The molecule has 3 rings (SSSR count). The smallest absolute Gasteiger partial charge is 0.326 e. The summed E-state index contributed by atoms with van der Waals surface area (Å²) in [5.74, 6) is -0.714. The van der Waals surface area contributed by atoms with Gasteiger partial charge in [0.15, 0.2) is 5.16 Å². The van der Waals surface area contributed by atoms with Gasteiger partial charge >= 0.3 is 5.97 Å². The molecule has 162 valence electrons. The summed E-state index contributed by atoms with van der Waals surface area (Å²) in [6, 6.07) is 16.2. The molecule has 0 fully saturated rings. The Hall–Kier alpha value is -3.13. The highest BCUT2D eigenvalue weighted by Gasteiger charge is 2.21. The Kier molecular flexibility index (Phi) is 7.83. The standard InChI is InChI=1S/C23H25N3O4S/c1-3-14-25-22(29)18-12-8-9-13-19(18)24-23(25)31-16-20(27)26(15-21(28)30-4-2)17-10-6-5-7-11-17/h5-13H,3-4,14-16H2,1-2H3. The van der Waals surface area contributed by atoms with Gasteiger partial charge in [0.05, 0.1) is 23.3 Å². The number of hydrogen-bond acceptors (Lipinski definition) is 6. The van der Waals surface area contributed by atoms with Crippen LogP contribution in [0.1, 0.15) is 20.3 Å². The molecular formula is C23H25N3O4S. The summed E-state index contributed by atoms with van der Waals surface area (Å²) in [7, 11) is 0. The zero-order valence-corrected chi connectivity index (χ0v) is 18.4. The van der Waals surface area contributed by atoms with Crippen LogP contribution in [-0.2, 0) is 20.9 Å². The third kappa shape index (κ3) is 5.52. The number of benzene rings is 2. The predicted octanol–water partition coefficient (Wildman–Crippen LogP) is 3.49. The number of esters is 1. The highest BCUT2D eigenvalue weighted by Crippen LogP contribution is 2.21. The number of thioether (sulfide) groups is 1. The van der Waals surface area contributed by atoms with Crippen molar-refractivity contribution in [2.75, 3.05) is 23.8 Å². The Morgan fingerprint density at radius 3 is 2.48 bits per heavy atom. The zero-order chi connectivity index (χ0) is 22.2. The molecule has 0 N–H and O–H groups in total. The predicted molar refractivity (Wildman–Crippen MR) is 122 cm³/mol. The molecular weight excluding hydrogens is 414 g/mol. The van der Waals surface area contributed by atoms with E-state index in [4.69, 9.17) is 4.74 Å². The molecule has 0 radical (unpaired) electrons. The number of carbonyl (C=O) groups excluding carboxylic acids is 2. The van der Waals surface area contributed by atoms with E-state index in [1.54, 1.807) is 47.9 Å². The van der Waals surface area contributed by atoms with Gasteiger partial charge in [-0.1, -0.05) is 49.0 Å². The fraction of sp³-hybridized carbons (Fsp3) is 0.304. The summed E-state index contributed by atoms with van der Waals surface area (Å²) in [4.78, 5) is 44.0. The van der Waals surface area contributed by atoms with E-state index >= 15 is 0 Å². The molecule has 0 atom stereocenters. The van der Waals surface area contributed by atoms with Crippen molar-refractivity contribution in [1.29, 1.82) is 0 Å². The average molecular weight is 440 g/mol. The Labute approximate surface area is 185 Å². The molecule has 8 heteroatoms. The first kappa shape index (κ1) is 22.6. The van der Waals surface area contributed by atoms with Crippen LogP contribution in [0.5, 0.6) is 0 Å². The molecule has 1 aromatic heterocycles. The lowest BCUT2D eigenvalue weighted by Crippen LogP contribution is -2.38. The molecule has 0 aliphatic heterocycles. The van der Waals surface area contributed by atoms with E-state index in [-0.39, 0.29) is 30.4 Å². The van der Waals surface area contributed by atoms with Crippen LogP contribution >= 0.6 is 11.8 Å². The van der Waals surface area contributed by atoms with Crippen molar-refractivity contribution in [3.05, 3.63) is 65.0 Å². The van der Waals surface area contributed by atoms with E-state index in [1.807, 2.05) is 25.1 Å². The normalized spacial score (nSPS) is 10.8. The summed E-state index contributed by atoms with van der Waals surface area (Å²) in [6.07, 6.45) is 0.764. The number of ether oxygens (including phenoxy) is 1. The summed E-state index contributed by atoms with van der Waals surface area (Å²) < 4.78 is 6.63. The number of aromatic nitrogens is 2. The van der Waals surface area contributed by atoms with E-state index in [0.29, 0.717) is 28.3 Å². The third-order valence-electron chi connectivity index (χ3n) is 4.56. The van der Waals surface area contributed by atoms with Gasteiger partial charge in [0.25, 0.3) is 5.56 Å². The Morgan fingerprint density at radius 2 is 1.77 bits per heavy atom. The number of carbonyl (C=O) groups is 2. The zero-order valence-electron chi connectivity index (χ0n) is 17.6. The van der Waals surface area contributed by atoms with E-state index in [0.717, 1.165) is 6.42 Å². The summed E-state index contributed by atoms with van der Waals surface area (Å²) in [5, 5.41) is 1.04. The van der Waals surface area contributed by atoms with Gasteiger partial charge in [0.2, 0.25) is 5.91 Å². The first-order valence-electron chi connectivity index (χ1n) is 10.2. The number of para-hydroxylation sites is 2. The highest BCUT2D eigenvalue weighted by molar-refractivity contribution is 7.99. The summed E-state index contributed by atoms with van der Waals surface area (Å²) in [5.41, 5.74) is 1.09. The van der Waals surface area contributed by atoms with Crippen LogP contribution in [0.15, 0.2) is 64.5 Å². The molecule has 0 bridgehead atoms. The molecule has 0 saturated carbocycles. The highest BCUT2D eigenvalue weighted by atomic mass is 32.2. The monoisotopic (exact) mass is 439 g/mol. The molecule has 31 heavy (non-hydrogen) atoms. The van der Waals surface area contributed by atoms with Crippen LogP contribution in [0.4, 0.5) is 5.69 Å². The number of nitrogens with zero attached hydrogens (tertiary/aromatic N) is 3. The average Bonchev–Trinajstić information content (AvgIpc) is 2.79. The maximum absolute atomic E-state index is 13.1. The minimum Gasteiger partial charge on any atom is -0.465 e. The Morgan fingerprint density at radius 1 is 1.06 bits per heavy atom. The van der Waals surface area contributed by atoms with Crippen molar-refractivity contribution in [3.63, 3.8) is 0 Å². The van der Waals surface area contributed by atoms with E-state index in [9.17, 15) is 14.4 Å². The van der Waals surface area contributed by atoms with Gasteiger partial charge < -0.3 is 9.64 Å². The first-order chi connectivity index (χ1) is 15.0. The van der Waals surface area contributed by atoms with E-state index < -0.39 is 5.97 Å². The lowest BCUT2D eigenvalue weighted by atomic mass is 10.2. The van der Waals surface area contributed by atoms with Crippen LogP contribution in [0.25, 0.3) is 10.9 Å². The lowest BCUT2D eigenvalue weighted by Gasteiger charge is -2.22. The first-order valence-corrected chi connectivity index (χ1v) is 11.2.